The number of hydrogen-bond donors (Lipinski definition) is 0. The summed E-state index contributed by atoms with van der Waals surface area (Å²) in [5.41, 5.74) is 0.809. The number of ether oxygens (including phenoxy) is 2. The third-order valence-electron chi connectivity index (χ3n) is 3.89. The molecule has 0 unspecified atom stereocenters. The smallest absolute Gasteiger partial charge is 0.108 e. The molecular formula is C19H37N3O2. The van der Waals surface area contributed by atoms with Gasteiger partial charge < -0.3 is 9.47 Å². The Hall–Kier alpha value is -0.940. The Morgan fingerprint density at radius 2 is 1.71 bits per heavy atom. The van der Waals surface area contributed by atoms with Gasteiger partial charge in [0.1, 0.15) is 5.69 Å². The van der Waals surface area contributed by atoms with Crippen molar-refractivity contribution < 1.29 is 9.47 Å². The zero-order valence-electron chi connectivity index (χ0n) is 17.1. The number of hydrogen-bond acceptors (Lipinski definition) is 4. The summed E-state index contributed by atoms with van der Waals surface area (Å²) < 4.78 is 13.6. The van der Waals surface area contributed by atoms with Crippen molar-refractivity contribution in [1.82, 2.24) is 15.0 Å². The SMILES string of the molecule is CC(C)OCCC(C)(C)OCc1cn(C(C)(C)CC(C)(C)C)nn1. The van der Waals surface area contributed by atoms with Crippen molar-refractivity contribution in [3.63, 3.8) is 0 Å². The minimum absolute atomic E-state index is 0.0654. The predicted octanol–water partition coefficient (Wildman–Crippen LogP) is 4.56. The van der Waals surface area contributed by atoms with Crippen molar-refractivity contribution in [2.75, 3.05) is 6.61 Å². The fraction of sp³-hybridized carbons (Fsp3) is 0.895. The van der Waals surface area contributed by atoms with E-state index < -0.39 is 0 Å². The molecule has 5 heteroatoms. The van der Waals surface area contributed by atoms with Gasteiger partial charge in [-0.1, -0.05) is 26.0 Å². The average molecular weight is 340 g/mol. The summed E-state index contributed by atoms with van der Waals surface area (Å²) in [5, 5.41) is 8.60. The van der Waals surface area contributed by atoms with Gasteiger partial charge in [0.15, 0.2) is 0 Å². The maximum absolute atomic E-state index is 6.03. The second kappa shape index (κ2) is 7.96. The lowest BCUT2D eigenvalue weighted by Gasteiger charge is -2.32. The van der Waals surface area contributed by atoms with E-state index in [1.807, 2.05) is 24.7 Å². The van der Waals surface area contributed by atoms with Crippen LogP contribution in [0.25, 0.3) is 0 Å². The first kappa shape index (κ1) is 21.1. The lowest BCUT2D eigenvalue weighted by atomic mass is 9.82. The van der Waals surface area contributed by atoms with Crippen LogP contribution in [0, 0.1) is 5.41 Å². The minimum atomic E-state index is -0.237. The molecule has 0 saturated carbocycles. The lowest BCUT2D eigenvalue weighted by Crippen LogP contribution is -2.32. The van der Waals surface area contributed by atoms with Crippen molar-refractivity contribution in [2.24, 2.45) is 5.41 Å². The van der Waals surface area contributed by atoms with Gasteiger partial charge >= 0.3 is 0 Å². The number of aromatic nitrogens is 3. The molecule has 0 spiro atoms. The Morgan fingerprint density at radius 1 is 1.08 bits per heavy atom. The highest BCUT2D eigenvalue weighted by molar-refractivity contribution is 4.95. The molecule has 1 heterocycles. The summed E-state index contributed by atoms with van der Waals surface area (Å²) in [4.78, 5) is 0. The van der Waals surface area contributed by atoms with Crippen molar-refractivity contribution in [3.8, 4) is 0 Å². The van der Waals surface area contributed by atoms with Crippen molar-refractivity contribution in [2.45, 2.75) is 99.0 Å². The van der Waals surface area contributed by atoms with Gasteiger partial charge in [0.25, 0.3) is 0 Å². The zero-order valence-corrected chi connectivity index (χ0v) is 17.1. The quantitative estimate of drug-likeness (QED) is 0.662. The molecule has 0 amide bonds. The van der Waals surface area contributed by atoms with E-state index in [4.69, 9.17) is 9.47 Å². The molecule has 1 aromatic rings. The van der Waals surface area contributed by atoms with Crippen LogP contribution in [-0.2, 0) is 21.6 Å². The van der Waals surface area contributed by atoms with Gasteiger partial charge in [-0.25, -0.2) is 4.68 Å². The standard InChI is InChI=1S/C19H37N3O2/c1-15(2)23-11-10-19(8,9)24-13-16-12-22(21-20-16)18(6,7)14-17(3,4)5/h12,15H,10-11,13-14H2,1-9H3. The molecule has 0 atom stereocenters. The summed E-state index contributed by atoms with van der Waals surface area (Å²) in [6.45, 7) is 20.6. The minimum Gasteiger partial charge on any atom is -0.379 e. The normalized spacial score (nSPS) is 13.8. The van der Waals surface area contributed by atoms with Crippen molar-refractivity contribution in [1.29, 1.82) is 0 Å². The molecule has 0 saturated heterocycles. The molecule has 0 aliphatic rings. The average Bonchev–Trinajstić information content (AvgIpc) is 2.82. The van der Waals surface area contributed by atoms with Gasteiger partial charge in [-0.05, 0) is 59.8 Å². The Morgan fingerprint density at radius 3 is 2.25 bits per heavy atom. The van der Waals surface area contributed by atoms with Gasteiger partial charge in [0.2, 0.25) is 0 Å². The molecule has 0 aromatic carbocycles. The predicted molar refractivity (Wildman–Crippen MR) is 98.0 cm³/mol. The van der Waals surface area contributed by atoms with E-state index >= 15 is 0 Å². The molecule has 140 valence electrons. The molecule has 0 aliphatic carbocycles. The van der Waals surface area contributed by atoms with Gasteiger partial charge in [-0.2, -0.15) is 0 Å². The molecule has 0 bridgehead atoms. The Kier molecular flexibility index (Phi) is 7.00. The van der Waals surface area contributed by atoms with Crippen LogP contribution in [0.2, 0.25) is 0 Å². The van der Waals surface area contributed by atoms with Crippen LogP contribution in [0.3, 0.4) is 0 Å². The molecule has 24 heavy (non-hydrogen) atoms. The topological polar surface area (TPSA) is 49.2 Å². The summed E-state index contributed by atoms with van der Waals surface area (Å²) in [6, 6.07) is 0. The number of nitrogens with zero attached hydrogens (tertiary/aromatic N) is 3. The summed E-state index contributed by atoms with van der Waals surface area (Å²) in [5.74, 6) is 0. The molecular weight excluding hydrogens is 302 g/mol. The van der Waals surface area contributed by atoms with Crippen LogP contribution in [0.4, 0.5) is 0 Å². The molecule has 0 radical (unpaired) electrons. The summed E-state index contributed by atoms with van der Waals surface area (Å²) >= 11 is 0. The van der Waals surface area contributed by atoms with Gasteiger partial charge in [-0.3, -0.25) is 0 Å². The van der Waals surface area contributed by atoms with Crippen LogP contribution in [0.15, 0.2) is 6.20 Å². The van der Waals surface area contributed by atoms with E-state index in [1.165, 1.54) is 0 Å². The van der Waals surface area contributed by atoms with Crippen LogP contribution in [0.5, 0.6) is 0 Å². The molecule has 1 aromatic heterocycles. The van der Waals surface area contributed by atoms with Crippen LogP contribution in [-0.4, -0.2) is 33.3 Å². The Balaban J connectivity index is 2.57. The fourth-order valence-corrected chi connectivity index (χ4v) is 2.92. The van der Waals surface area contributed by atoms with Gasteiger partial charge in [-0.15, -0.1) is 5.10 Å². The van der Waals surface area contributed by atoms with E-state index in [-0.39, 0.29) is 22.7 Å². The number of rotatable bonds is 9. The Bertz CT molecular complexity index is 499. The monoisotopic (exact) mass is 339 g/mol. The molecule has 0 fully saturated rings. The fourth-order valence-electron chi connectivity index (χ4n) is 2.92. The van der Waals surface area contributed by atoms with E-state index in [2.05, 4.69) is 58.8 Å². The summed E-state index contributed by atoms with van der Waals surface area (Å²) in [6.07, 6.45) is 4.15. The molecule has 0 aliphatic heterocycles. The lowest BCUT2D eigenvalue weighted by molar-refractivity contribution is -0.0574. The van der Waals surface area contributed by atoms with Gasteiger partial charge in [0.05, 0.1) is 30.0 Å². The third kappa shape index (κ3) is 7.75. The first-order valence-corrected chi connectivity index (χ1v) is 8.98. The zero-order chi connectivity index (χ0) is 18.6. The third-order valence-corrected chi connectivity index (χ3v) is 3.89. The highest BCUT2D eigenvalue weighted by atomic mass is 16.5. The van der Waals surface area contributed by atoms with E-state index in [0.29, 0.717) is 13.2 Å². The highest BCUT2D eigenvalue weighted by Gasteiger charge is 2.28. The largest absolute Gasteiger partial charge is 0.379 e. The summed E-state index contributed by atoms with van der Waals surface area (Å²) in [7, 11) is 0. The first-order valence-electron chi connectivity index (χ1n) is 8.98. The van der Waals surface area contributed by atoms with E-state index in [0.717, 1.165) is 18.5 Å². The molecule has 1 rings (SSSR count). The van der Waals surface area contributed by atoms with E-state index in [9.17, 15) is 0 Å². The van der Waals surface area contributed by atoms with Crippen LogP contribution in [0.1, 0.15) is 80.8 Å². The van der Waals surface area contributed by atoms with Crippen molar-refractivity contribution in [3.05, 3.63) is 11.9 Å². The van der Waals surface area contributed by atoms with Crippen LogP contribution < -0.4 is 0 Å². The Labute approximate surface area is 148 Å². The van der Waals surface area contributed by atoms with E-state index in [1.54, 1.807) is 0 Å². The molecule has 5 nitrogen and oxygen atoms in total. The first-order chi connectivity index (χ1) is 10.8. The second-order valence-corrected chi connectivity index (χ2v) is 9.42. The highest BCUT2D eigenvalue weighted by Crippen LogP contribution is 2.31. The van der Waals surface area contributed by atoms with Crippen molar-refractivity contribution >= 4 is 0 Å². The van der Waals surface area contributed by atoms with Crippen LogP contribution >= 0.6 is 0 Å². The maximum Gasteiger partial charge on any atom is 0.108 e. The maximum atomic E-state index is 6.03. The molecule has 0 N–H and O–H groups in total. The van der Waals surface area contributed by atoms with Gasteiger partial charge in [0, 0.05) is 6.61 Å². The second-order valence-electron chi connectivity index (χ2n) is 9.42.